The van der Waals surface area contributed by atoms with E-state index in [1.165, 1.54) is 11.1 Å². The molecule has 1 heterocycles. The van der Waals surface area contributed by atoms with E-state index < -0.39 is 0 Å². The van der Waals surface area contributed by atoms with Crippen LogP contribution in [0.4, 0.5) is 0 Å². The second kappa shape index (κ2) is 9.05. The fourth-order valence-electron chi connectivity index (χ4n) is 3.34. The van der Waals surface area contributed by atoms with Gasteiger partial charge in [-0.3, -0.25) is 9.59 Å². The highest BCUT2D eigenvalue weighted by molar-refractivity contribution is 6.30. The van der Waals surface area contributed by atoms with E-state index in [2.05, 4.69) is 36.5 Å². The summed E-state index contributed by atoms with van der Waals surface area (Å²) in [6.45, 7) is 3.35. The number of aryl methyl sites for hydroxylation is 2. The number of rotatable bonds is 5. The molecule has 0 unspecified atom stereocenters. The minimum atomic E-state index is 0.00153. The zero-order valence-electron chi connectivity index (χ0n) is 15.6. The Morgan fingerprint density at radius 3 is 2.48 bits per heavy atom. The Labute approximate surface area is 165 Å². The van der Waals surface area contributed by atoms with Crippen molar-refractivity contribution in [2.75, 3.05) is 13.1 Å². The molecular formula is C22H25ClN2O2. The monoisotopic (exact) mass is 384 g/mol. The van der Waals surface area contributed by atoms with E-state index in [0.717, 1.165) is 19.3 Å². The minimum Gasteiger partial charge on any atom is -0.353 e. The quantitative estimate of drug-likeness (QED) is 0.846. The molecule has 3 rings (SSSR count). The molecule has 142 valence electrons. The second-order valence-corrected chi connectivity index (χ2v) is 7.57. The number of benzene rings is 2. The largest absolute Gasteiger partial charge is 0.353 e. The van der Waals surface area contributed by atoms with E-state index in [0.29, 0.717) is 30.1 Å². The molecule has 2 aromatic rings. The highest BCUT2D eigenvalue weighted by atomic mass is 35.5. The van der Waals surface area contributed by atoms with Crippen molar-refractivity contribution >= 4 is 23.4 Å². The molecule has 4 nitrogen and oxygen atoms in total. The lowest BCUT2D eigenvalue weighted by molar-refractivity contribution is -0.122. The molecule has 0 aliphatic carbocycles. The third-order valence-corrected chi connectivity index (χ3v) is 5.22. The van der Waals surface area contributed by atoms with Crippen LogP contribution in [0.15, 0.2) is 48.5 Å². The molecule has 2 aromatic carbocycles. The molecule has 1 fully saturated rings. The Morgan fingerprint density at radius 2 is 1.81 bits per heavy atom. The van der Waals surface area contributed by atoms with Gasteiger partial charge < -0.3 is 10.2 Å². The van der Waals surface area contributed by atoms with Gasteiger partial charge >= 0.3 is 0 Å². The molecule has 0 bridgehead atoms. The summed E-state index contributed by atoms with van der Waals surface area (Å²) in [6, 6.07) is 15.5. The molecule has 0 radical (unpaired) electrons. The van der Waals surface area contributed by atoms with Crippen LogP contribution in [0.3, 0.4) is 0 Å². The fourth-order valence-corrected chi connectivity index (χ4v) is 3.53. The topological polar surface area (TPSA) is 49.4 Å². The molecule has 1 aliphatic heterocycles. The van der Waals surface area contributed by atoms with Crippen molar-refractivity contribution in [3.05, 3.63) is 70.2 Å². The van der Waals surface area contributed by atoms with Crippen molar-refractivity contribution in [2.24, 2.45) is 0 Å². The van der Waals surface area contributed by atoms with Gasteiger partial charge in [0.05, 0.1) is 0 Å². The summed E-state index contributed by atoms with van der Waals surface area (Å²) in [4.78, 5) is 26.6. The molecule has 1 saturated heterocycles. The predicted octanol–water partition coefficient (Wildman–Crippen LogP) is 4.00. The Balaban J connectivity index is 1.43. The molecule has 0 spiro atoms. The van der Waals surface area contributed by atoms with Crippen LogP contribution in [0.1, 0.15) is 40.7 Å². The zero-order valence-corrected chi connectivity index (χ0v) is 16.3. The lowest BCUT2D eigenvalue weighted by atomic mass is 10.0. The lowest BCUT2D eigenvalue weighted by Gasteiger charge is -2.32. The smallest absolute Gasteiger partial charge is 0.253 e. The Kier molecular flexibility index (Phi) is 6.51. The van der Waals surface area contributed by atoms with Gasteiger partial charge in [-0.25, -0.2) is 0 Å². The summed E-state index contributed by atoms with van der Waals surface area (Å²) in [5.74, 6) is 0.0804. The van der Waals surface area contributed by atoms with Crippen molar-refractivity contribution in [1.29, 1.82) is 0 Å². The first-order valence-corrected chi connectivity index (χ1v) is 9.79. The van der Waals surface area contributed by atoms with Gasteiger partial charge in [0.15, 0.2) is 0 Å². The highest BCUT2D eigenvalue weighted by Gasteiger charge is 2.24. The summed E-state index contributed by atoms with van der Waals surface area (Å²) >= 11 is 5.97. The number of nitrogens with zero attached hydrogens (tertiary/aromatic N) is 1. The second-order valence-electron chi connectivity index (χ2n) is 7.13. The van der Waals surface area contributed by atoms with Crippen LogP contribution >= 0.6 is 11.6 Å². The van der Waals surface area contributed by atoms with Gasteiger partial charge in [-0.2, -0.15) is 0 Å². The van der Waals surface area contributed by atoms with Gasteiger partial charge in [-0.1, -0.05) is 47.5 Å². The van der Waals surface area contributed by atoms with Crippen molar-refractivity contribution < 1.29 is 9.59 Å². The van der Waals surface area contributed by atoms with Gasteiger partial charge in [-0.15, -0.1) is 0 Å². The maximum absolute atomic E-state index is 12.5. The summed E-state index contributed by atoms with van der Waals surface area (Å²) in [6.07, 6.45) is 2.80. The van der Waals surface area contributed by atoms with Crippen molar-refractivity contribution in [1.82, 2.24) is 10.2 Å². The van der Waals surface area contributed by atoms with Crippen molar-refractivity contribution in [3.8, 4) is 0 Å². The number of amides is 2. The van der Waals surface area contributed by atoms with Crippen molar-refractivity contribution in [2.45, 2.75) is 38.6 Å². The number of piperidine rings is 1. The van der Waals surface area contributed by atoms with Crippen LogP contribution < -0.4 is 5.32 Å². The van der Waals surface area contributed by atoms with Gasteiger partial charge in [0.25, 0.3) is 5.91 Å². The maximum Gasteiger partial charge on any atom is 0.253 e. The SMILES string of the molecule is Cc1ccc(CCC(=O)NC2CCN(C(=O)c3cccc(Cl)c3)CC2)cc1. The number of carbonyl (C=O) groups is 2. The fraction of sp³-hybridized carbons (Fsp3) is 0.364. The molecule has 5 heteroatoms. The van der Waals surface area contributed by atoms with Gasteiger partial charge in [0.2, 0.25) is 5.91 Å². The lowest BCUT2D eigenvalue weighted by Crippen LogP contribution is -2.46. The summed E-state index contributed by atoms with van der Waals surface area (Å²) in [5, 5.41) is 3.68. The molecule has 0 atom stereocenters. The van der Waals surface area contributed by atoms with Crippen LogP contribution in [0.25, 0.3) is 0 Å². The molecule has 2 amide bonds. The summed E-state index contributed by atoms with van der Waals surface area (Å²) in [5.41, 5.74) is 3.02. The molecular weight excluding hydrogens is 360 g/mol. The van der Waals surface area contributed by atoms with E-state index in [4.69, 9.17) is 11.6 Å². The molecule has 0 saturated carbocycles. The molecule has 0 aromatic heterocycles. The first-order valence-electron chi connectivity index (χ1n) is 9.41. The van der Waals surface area contributed by atoms with E-state index in [1.54, 1.807) is 24.3 Å². The van der Waals surface area contributed by atoms with E-state index in [9.17, 15) is 9.59 Å². The zero-order chi connectivity index (χ0) is 19.2. The third kappa shape index (κ3) is 5.57. The minimum absolute atomic E-state index is 0.00153. The Hall–Kier alpha value is -2.33. The highest BCUT2D eigenvalue weighted by Crippen LogP contribution is 2.17. The van der Waals surface area contributed by atoms with Gasteiger partial charge in [0.1, 0.15) is 0 Å². The van der Waals surface area contributed by atoms with Crippen LogP contribution in [-0.2, 0) is 11.2 Å². The summed E-state index contributed by atoms with van der Waals surface area (Å²) in [7, 11) is 0. The van der Waals surface area contributed by atoms with Gasteiger partial charge in [0, 0.05) is 36.1 Å². The molecule has 1 N–H and O–H groups in total. The Bertz CT molecular complexity index is 796. The normalized spacial score (nSPS) is 14.8. The van der Waals surface area contributed by atoms with E-state index >= 15 is 0 Å². The van der Waals surface area contributed by atoms with E-state index in [-0.39, 0.29) is 17.9 Å². The van der Waals surface area contributed by atoms with Gasteiger partial charge in [-0.05, 0) is 49.9 Å². The standard InChI is InChI=1S/C22H25ClN2O2/c1-16-5-7-17(8-6-16)9-10-21(26)24-20-11-13-25(14-12-20)22(27)18-3-2-4-19(23)15-18/h2-8,15,20H,9-14H2,1H3,(H,24,26). The number of hydrogen-bond donors (Lipinski definition) is 1. The number of halogens is 1. The third-order valence-electron chi connectivity index (χ3n) is 4.98. The van der Waals surface area contributed by atoms with Crippen LogP contribution in [0.5, 0.6) is 0 Å². The first kappa shape index (κ1) is 19.4. The van der Waals surface area contributed by atoms with Crippen LogP contribution in [0, 0.1) is 6.92 Å². The molecule has 1 aliphatic rings. The predicted molar refractivity (Wildman–Crippen MR) is 108 cm³/mol. The Morgan fingerprint density at radius 1 is 1.11 bits per heavy atom. The van der Waals surface area contributed by atoms with Crippen LogP contribution in [-0.4, -0.2) is 35.8 Å². The van der Waals surface area contributed by atoms with E-state index in [1.807, 2.05) is 4.90 Å². The van der Waals surface area contributed by atoms with Crippen molar-refractivity contribution in [3.63, 3.8) is 0 Å². The first-order chi connectivity index (χ1) is 13.0. The van der Waals surface area contributed by atoms with Crippen LogP contribution in [0.2, 0.25) is 5.02 Å². The maximum atomic E-state index is 12.5. The average Bonchev–Trinajstić information content (AvgIpc) is 2.67. The average molecular weight is 385 g/mol. The number of nitrogens with one attached hydrogen (secondary N) is 1. The number of carbonyl (C=O) groups excluding carboxylic acids is 2. The number of hydrogen-bond acceptors (Lipinski definition) is 2. The summed E-state index contributed by atoms with van der Waals surface area (Å²) < 4.78 is 0. The molecule has 27 heavy (non-hydrogen) atoms. The number of likely N-dealkylation sites (tertiary alicyclic amines) is 1.